The van der Waals surface area contributed by atoms with Crippen molar-refractivity contribution in [3.63, 3.8) is 0 Å². The van der Waals surface area contributed by atoms with Crippen molar-refractivity contribution < 1.29 is 28.6 Å². The molecule has 8 heteroatoms. The number of carbonyl (C=O) groups is 3. The average Bonchev–Trinajstić information content (AvgIpc) is 3.09. The third-order valence-corrected chi connectivity index (χ3v) is 12.0. The molecule has 0 spiro atoms. The maximum absolute atomic E-state index is 13.1. The van der Waals surface area contributed by atoms with Crippen LogP contribution in [0.25, 0.3) is 0 Å². The van der Waals surface area contributed by atoms with E-state index >= 15 is 0 Å². The number of hydrogen-bond donors (Lipinski definition) is 0. The van der Waals surface area contributed by atoms with E-state index in [1.807, 2.05) is 0 Å². The van der Waals surface area contributed by atoms with E-state index in [2.05, 4.69) is 48.1 Å². The van der Waals surface area contributed by atoms with Crippen LogP contribution in [0.2, 0.25) is 0 Å². The van der Waals surface area contributed by atoms with Crippen molar-refractivity contribution in [2.75, 3.05) is 59.6 Å². The van der Waals surface area contributed by atoms with Crippen LogP contribution in [-0.2, 0) is 28.6 Å². The number of unbranched alkanes of at least 4 members (excludes halogenated alkanes) is 8. The Bertz CT molecular complexity index is 1050. The SMILES string of the molecule is CCCCC/C=C\C/C=C\CCCCCCCC(=O)OCC(CCOC(=O)CCN1CCN(C)CC1)COC(=O)CC12CC3CC(CC(C3)C1)C2. The maximum Gasteiger partial charge on any atom is 0.307 e. The number of piperazine rings is 1. The Morgan fingerprint density at radius 3 is 1.90 bits per heavy atom. The van der Waals surface area contributed by atoms with E-state index in [0.717, 1.165) is 76.0 Å². The summed E-state index contributed by atoms with van der Waals surface area (Å²) in [6.07, 6.45) is 31.1. The van der Waals surface area contributed by atoms with Crippen molar-refractivity contribution in [2.45, 2.75) is 142 Å². The molecule has 0 aromatic rings. The van der Waals surface area contributed by atoms with E-state index in [4.69, 9.17) is 14.2 Å². The summed E-state index contributed by atoms with van der Waals surface area (Å²) in [5.41, 5.74) is 0.134. The number of esters is 3. The van der Waals surface area contributed by atoms with E-state index < -0.39 is 0 Å². The van der Waals surface area contributed by atoms with E-state index in [-0.39, 0.29) is 49.1 Å². The van der Waals surface area contributed by atoms with Crippen LogP contribution in [0.1, 0.15) is 142 Å². The highest BCUT2D eigenvalue weighted by atomic mass is 16.5. The summed E-state index contributed by atoms with van der Waals surface area (Å²) in [5.74, 6) is 1.66. The third kappa shape index (κ3) is 16.6. The summed E-state index contributed by atoms with van der Waals surface area (Å²) < 4.78 is 17.1. The fourth-order valence-corrected chi connectivity index (χ4v) is 9.39. The summed E-state index contributed by atoms with van der Waals surface area (Å²) >= 11 is 0. The van der Waals surface area contributed by atoms with Crippen LogP contribution in [0.5, 0.6) is 0 Å². The smallest absolute Gasteiger partial charge is 0.307 e. The van der Waals surface area contributed by atoms with Crippen LogP contribution < -0.4 is 0 Å². The minimum atomic E-state index is -0.204. The minimum absolute atomic E-state index is 0.123. The highest BCUT2D eigenvalue weighted by Gasteiger charge is 2.51. The van der Waals surface area contributed by atoms with Crippen LogP contribution in [0, 0.1) is 29.1 Å². The van der Waals surface area contributed by atoms with Crippen molar-refractivity contribution in [3.8, 4) is 0 Å². The molecule has 5 aliphatic rings. The van der Waals surface area contributed by atoms with Gasteiger partial charge in [-0.2, -0.15) is 0 Å². The molecule has 0 aromatic carbocycles. The zero-order chi connectivity index (χ0) is 36.2. The normalized spacial score (nSPS) is 25.5. The van der Waals surface area contributed by atoms with Crippen molar-refractivity contribution in [2.24, 2.45) is 29.1 Å². The number of carbonyl (C=O) groups excluding carboxylic acids is 3. The molecular weight excluding hydrogens is 640 g/mol. The first-order chi connectivity index (χ1) is 24.8. The van der Waals surface area contributed by atoms with Gasteiger partial charge in [-0.05, 0) is 114 Å². The zero-order valence-corrected chi connectivity index (χ0v) is 32.5. The Labute approximate surface area is 310 Å². The molecule has 4 aliphatic carbocycles. The topological polar surface area (TPSA) is 85.4 Å². The molecule has 1 heterocycles. The zero-order valence-electron chi connectivity index (χ0n) is 32.5. The highest BCUT2D eigenvalue weighted by Crippen LogP contribution is 2.61. The molecule has 0 amide bonds. The van der Waals surface area contributed by atoms with Gasteiger partial charge in [-0.25, -0.2) is 0 Å². The molecule has 5 fully saturated rings. The Balaban J connectivity index is 1.09. The summed E-state index contributed by atoms with van der Waals surface area (Å²) in [6.45, 7) is 7.56. The fraction of sp³-hybridized carbons (Fsp3) is 0.837. The molecule has 8 nitrogen and oxygen atoms in total. The molecule has 5 rings (SSSR count). The Morgan fingerprint density at radius 1 is 0.686 bits per heavy atom. The van der Waals surface area contributed by atoms with Gasteiger partial charge in [-0.3, -0.25) is 14.4 Å². The largest absolute Gasteiger partial charge is 0.466 e. The van der Waals surface area contributed by atoms with E-state index in [1.165, 1.54) is 77.0 Å². The second-order valence-corrected chi connectivity index (χ2v) is 16.7. The van der Waals surface area contributed by atoms with Crippen molar-refractivity contribution in [3.05, 3.63) is 24.3 Å². The average molecular weight is 713 g/mol. The Kier molecular flexibility index (Phi) is 19.1. The number of nitrogens with zero attached hydrogens (tertiary/aromatic N) is 2. The summed E-state index contributed by atoms with van der Waals surface area (Å²) in [7, 11) is 2.12. The standard InChI is InChI=1S/C43H72N2O6/c1-3-4-5-6-7-8-9-10-11-12-13-14-15-16-17-18-40(46)50-34-36(20-26-49-41(47)19-21-45-24-22-44(2)23-25-45)35-51-42(48)33-43-30-37-27-38(31-43)29-39(28-37)32-43/h7-8,10-11,36-39H,3-6,9,12-35H2,1-2H3/b8-7-,11-10-. The first-order valence-corrected chi connectivity index (χ1v) is 21.0. The predicted molar refractivity (Wildman–Crippen MR) is 204 cm³/mol. The van der Waals surface area contributed by atoms with E-state index in [9.17, 15) is 14.4 Å². The third-order valence-electron chi connectivity index (χ3n) is 12.0. The van der Waals surface area contributed by atoms with Crippen molar-refractivity contribution in [1.82, 2.24) is 9.80 Å². The van der Waals surface area contributed by atoms with Crippen molar-refractivity contribution >= 4 is 17.9 Å². The first-order valence-electron chi connectivity index (χ1n) is 21.0. The van der Waals surface area contributed by atoms with Gasteiger partial charge in [0, 0.05) is 45.1 Å². The lowest BCUT2D eigenvalue weighted by Gasteiger charge is -2.56. The Hall–Kier alpha value is -2.19. The number of rotatable bonds is 26. The second kappa shape index (κ2) is 23.5. The van der Waals surface area contributed by atoms with E-state index in [0.29, 0.717) is 32.2 Å². The molecule has 1 aliphatic heterocycles. The highest BCUT2D eigenvalue weighted by molar-refractivity contribution is 5.71. The van der Waals surface area contributed by atoms with Gasteiger partial charge in [0.2, 0.25) is 0 Å². The minimum Gasteiger partial charge on any atom is -0.466 e. The first kappa shape index (κ1) is 41.6. The fourth-order valence-electron chi connectivity index (χ4n) is 9.39. The Morgan fingerprint density at radius 2 is 1.25 bits per heavy atom. The summed E-state index contributed by atoms with van der Waals surface area (Å²) in [6, 6.07) is 0. The molecule has 1 unspecified atom stereocenters. The molecule has 4 saturated carbocycles. The van der Waals surface area contributed by atoms with Crippen molar-refractivity contribution in [1.29, 1.82) is 0 Å². The molecule has 1 atom stereocenters. The van der Waals surface area contributed by atoms with Crippen LogP contribution in [0.15, 0.2) is 24.3 Å². The number of ether oxygens (including phenoxy) is 3. The van der Waals surface area contributed by atoms with Gasteiger partial charge < -0.3 is 24.0 Å². The number of likely N-dealkylation sites (N-methyl/N-ethyl adjacent to an activating group) is 1. The summed E-state index contributed by atoms with van der Waals surface area (Å²) in [5, 5.41) is 0. The molecule has 0 aromatic heterocycles. The van der Waals surface area contributed by atoms with Crippen LogP contribution in [0.4, 0.5) is 0 Å². The quantitative estimate of drug-likeness (QED) is 0.0381. The van der Waals surface area contributed by atoms with Gasteiger partial charge in [-0.1, -0.05) is 63.3 Å². The lowest BCUT2D eigenvalue weighted by molar-refractivity contribution is -0.156. The molecule has 51 heavy (non-hydrogen) atoms. The van der Waals surface area contributed by atoms with Gasteiger partial charge >= 0.3 is 17.9 Å². The monoisotopic (exact) mass is 713 g/mol. The van der Waals surface area contributed by atoms with Gasteiger partial charge in [0.15, 0.2) is 0 Å². The summed E-state index contributed by atoms with van der Waals surface area (Å²) in [4.78, 5) is 42.9. The predicted octanol–water partition coefficient (Wildman–Crippen LogP) is 8.68. The van der Waals surface area contributed by atoms with Crippen LogP contribution in [0.3, 0.4) is 0 Å². The van der Waals surface area contributed by atoms with Gasteiger partial charge in [0.05, 0.1) is 32.7 Å². The van der Waals surface area contributed by atoms with Gasteiger partial charge in [-0.15, -0.1) is 0 Å². The van der Waals surface area contributed by atoms with Crippen LogP contribution in [-0.4, -0.2) is 87.3 Å². The number of allylic oxidation sites excluding steroid dienone is 4. The van der Waals surface area contributed by atoms with Gasteiger partial charge in [0.1, 0.15) is 0 Å². The maximum atomic E-state index is 13.1. The molecule has 0 N–H and O–H groups in total. The second-order valence-electron chi connectivity index (χ2n) is 16.7. The van der Waals surface area contributed by atoms with E-state index in [1.54, 1.807) is 0 Å². The lowest BCUT2D eigenvalue weighted by atomic mass is 9.49. The van der Waals surface area contributed by atoms with Crippen LogP contribution >= 0.6 is 0 Å². The lowest BCUT2D eigenvalue weighted by Crippen LogP contribution is -2.47. The molecule has 0 radical (unpaired) electrons. The molecule has 1 saturated heterocycles. The van der Waals surface area contributed by atoms with Gasteiger partial charge in [0.25, 0.3) is 0 Å². The number of hydrogen-bond acceptors (Lipinski definition) is 8. The molecule has 290 valence electrons. The molecular formula is C43H72N2O6. The molecule has 4 bridgehead atoms.